The summed E-state index contributed by atoms with van der Waals surface area (Å²) in [5.41, 5.74) is 4.53. The van der Waals surface area contributed by atoms with Gasteiger partial charge in [0, 0.05) is 31.5 Å². The first-order chi connectivity index (χ1) is 12.4. The number of nitrogens with zero attached hydrogens (tertiary/aromatic N) is 4. The normalized spacial score (nSPS) is 21.0. The number of rotatable bonds is 11. The summed E-state index contributed by atoms with van der Waals surface area (Å²) in [6, 6.07) is 0. The first-order valence-electron chi connectivity index (χ1n) is 8.31. The highest BCUT2D eigenvalue weighted by Crippen LogP contribution is 2.29. The third-order valence-corrected chi connectivity index (χ3v) is 4.18. The van der Waals surface area contributed by atoms with Gasteiger partial charge < -0.3 is 25.7 Å². The zero-order chi connectivity index (χ0) is 19.2. The van der Waals surface area contributed by atoms with Gasteiger partial charge >= 0.3 is 5.95 Å². The van der Waals surface area contributed by atoms with E-state index in [4.69, 9.17) is 10.5 Å². The van der Waals surface area contributed by atoms with Crippen LogP contribution < -0.4 is 5.73 Å². The number of aliphatic imine (C=N–C) groups is 1. The number of hydrogen-bond donors (Lipinski definition) is 2. The average Bonchev–Trinajstić information content (AvgIpc) is 3.27. The quantitative estimate of drug-likeness (QED) is 0.427. The number of allylic oxidation sites excluding steroid dienone is 1. The van der Waals surface area contributed by atoms with E-state index in [0.717, 1.165) is 0 Å². The molecule has 26 heavy (non-hydrogen) atoms. The van der Waals surface area contributed by atoms with Gasteiger partial charge in [0.2, 0.25) is 0 Å². The zero-order valence-electron chi connectivity index (χ0n) is 14.5. The average molecular weight is 365 g/mol. The Morgan fingerprint density at radius 2 is 2.35 bits per heavy atom. The highest BCUT2D eigenvalue weighted by molar-refractivity contribution is 5.81. The molecule has 2 heterocycles. The molecule has 1 aromatic rings. The maximum absolute atomic E-state index is 12.5. The number of imidazole rings is 1. The monoisotopic (exact) mass is 365 g/mol. The van der Waals surface area contributed by atoms with Crippen molar-refractivity contribution in [1.29, 1.82) is 0 Å². The van der Waals surface area contributed by atoms with E-state index in [1.165, 1.54) is 17.0 Å². The SMILES string of the molecule is CC(CC1(OC(CN)CO)C=CC=N1)C(=O)CCn1ccnc1[N+](=O)[O-]. The number of aliphatic hydroxyl groups is 1. The molecule has 10 nitrogen and oxygen atoms in total. The summed E-state index contributed by atoms with van der Waals surface area (Å²) in [5, 5.41) is 20.2. The van der Waals surface area contributed by atoms with Gasteiger partial charge in [-0.15, -0.1) is 0 Å². The molecular formula is C16H23N5O5. The van der Waals surface area contributed by atoms with Crippen molar-refractivity contribution in [2.24, 2.45) is 16.6 Å². The number of carbonyl (C=O) groups is 1. The molecule has 0 saturated carbocycles. The van der Waals surface area contributed by atoms with Crippen molar-refractivity contribution >= 4 is 17.9 Å². The van der Waals surface area contributed by atoms with Crippen molar-refractivity contribution < 1.29 is 19.6 Å². The predicted octanol–water partition coefficient (Wildman–Crippen LogP) is 0.450. The van der Waals surface area contributed by atoms with E-state index < -0.39 is 22.7 Å². The number of hydrogen-bond acceptors (Lipinski definition) is 8. The number of ketones is 1. The lowest BCUT2D eigenvalue weighted by atomic mass is 9.93. The molecule has 3 atom stereocenters. The standard InChI is InChI=1S/C16H23N5O5/c1-12(9-16(4-2-5-19-16)26-13(10-17)11-22)14(23)3-7-20-8-6-18-15(20)21(24)25/h2,4-6,8,12-13,22H,3,7,9-11,17H2,1H3. The minimum absolute atomic E-state index is 0.0697. The van der Waals surface area contributed by atoms with Crippen LogP contribution in [0.5, 0.6) is 0 Å². The first-order valence-corrected chi connectivity index (χ1v) is 8.31. The van der Waals surface area contributed by atoms with Crippen LogP contribution in [0.3, 0.4) is 0 Å². The van der Waals surface area contributed by atoms with Crippen LogP contribution in [-0.4, -0.2) is 56.6 Å². The summed E-state index contributed by atoms with van der Waals surface area (Å²) >= 11 is 0. The molecule has 0 fully saturated rings. The van der Waals surface area contributed by atoms with Gasteiger partial charge in [0.05, 0.1) is 19.3 Å². The van der Waals surface area contributed by atoms with Crippen molar-refractivity contribution in [2.75, 3.05) is 13.2 Å². The smallest absolute Gasteiger partial charge is 0.394 e. The highest BCUT2D eigenvalue weighted by atomic mass is 16.6. The van der Waals surface area contributed by atoms with E-state index in [0.29, 0.717) is 6.42 Å². The van der Waals surface area contributed by atoms with Crippen LogP contribution in [0.25, 0.3) is 0 Å². The predicted molar refractivity (Wildman–Crippen MR) is 93.7 cm³/mol. The molecule has 0 amide bonds. The van der Waals surface area contributed by atoms with E-state index in [-0.39, 0.29) is 37.8 Å². The van der Waals surface area contributed by atoms with Crippen LogP contribution in [0.1, 0.15) is 19.8 Å². The van der Waals surface area contributed by atoms with E-state index in [1.807, 2.05) is 0 Å². The third kappa shape index (κ3) is 4.81. The second-order valence-corrected chi connectivity index (χ2v) is 6.14. The second-order valence-electron chi connectivity index (χ2n) is 6.14. The van der Waals surface area contributed by atoms with Gasteiger partial charge in [-0.1, -0.05) is 11.9 Å². The number of nitrogens with two attached hydrogens (primary N) is 1. The molecule has 1 aliphatic heterocycles. The molecule has 10 heteroatoms. The van der Waals surface area contributed by atoms with Gasteiger partial charge in [-0.25, -0.2) is 4.57 Å². The number of aromatic nitrogens is 2. The van der Waals surface area contributed by atoms with Crippen LogP contribution in [0, 0.1) is 16.0 Å². The fraction of sp³-hybridized carbons (Fsp3) is 0.562. The van der Waals surface area contributed by atoms with Gasteiger partial charge in [0.1, 0.15) is 18.2 Å². The Kier molecular flexibility index (Phi) is 6.72. The Labute approximate surface area is 150 Å². The minimum atomic E-state index is -1.02. The minimum Gasteiger partial charge on any atom is -0.394 e. The van der Waals surface area contributed by atoms with E-state index in [2.05, 4.69) is 9.98 Å². The molecule has 0 bridgehead atoms. The van der Waals surface area contributed by atoms with Gasteiger partial charge in [0.25, 0.3) is 0 Å². The van der Waals surface area contributed by atoms with Gasteiger partial charge in [-0.3, -0.25) is 9.79 Å². The summed E-state index contributed by atoms with van der Waals surface area (Å²) in [6.07, 6.45) is 7.67. The molecule has 3 unspecified atom stereocenters. The first kappa shape index (κ1) is 19.9. The molecule has 142 valence electrons. The molecule has 0 aliphatic carbocycles. The van der Waals surface area contributed by atoms with Crippen molar-refractivity contribution in [3.05, 3.63) is 34.7 Å². The van der Waals surface area contributed by atoms with Gasteiger partial charge in [0.15, 0.2) is 5.72 Å². The fourth-order valence-corrected chi connectivity index (χ4v) is 2.77. The van der Waals surface area contributed by atoms with E-state index in [1.54, 1.807) is 25.3 Å². The fourth-order valence-electron chi connectivity index (χ4n) is 2.77. The van der Waals surface area contributed by atoms with Crippen molar-refractivity contribution in [3.63, 3.8) is 0 Å². The molecule has 0 saturated heterocycles. The molecular weight excluding hydrogens is 342 g/mol. The number of nitro groups is 1. The summed E-state index contributed by atoms with van der Waals surface area (Å²) in [5.74, 6) is -0.753. The largest absolute Gasteiger partial charge is 0.434 e. The maximum atomic E-state index is 12.5. The molecule has 0 radical (unpaired) electrons. The third-order valence-electron chi connectivity index (χ3n) is 4.18. The van der Waals surface area contributed by atoms with Crippen molar-refractivity contribution in [3.8, 4) is 0 Å². The Morgan fingerprint density at radius 1 is 1.58 bits per heavy atom. The molecule has 1 aromatic heterocycles. The van der Waals surface area contributed by atoms with E-state index >= 15 is 0 Å². The lowest BCUT2D eigenvalue weighted by molar-refractivity contribution is -0.396. The number of aliphatic hydroxyl groups excluding tert-OH is 1. The summed E-state index contributed by atoms with van der Waals surface area (Å²) in [4.78, 5) is 30.7. The van der Waals surface area contributed by atoms with Crippen LogP contribution in [0.4, 0.5) is 5.95 Å². The number of ether oxygens (including phenoxy) is 1. The molecule has 0 spiro atoms. The lowest BCUT2D eigenvalue weighted by Crippen LogP contribution is -2.40. The van der Waals surface area contributed by atoms with Crippen molar-refractivity contribution in [2.45, 2.75) is 38.1 Å². The number of Topliss-reactive ketones (excluding diaryl/α,β-unsaturated/α-hetero) is 1. The Balaban J connectivity index is 1.96. The number of carbonyl (C=O) groups excluding carboxylic acids is 1. The molecule has 2 rings (SSSR count). The summed E-state index contributed by atoms with van der Waals surface area (Å²) in [6.45, 7) is 1.82. The summed E-state index contributed by atoms with van der Waals surface area (Å²) in [7, 11) is 0. The van der Waals surface area contributed by atoms with Gasteiger partial charge in [-0.2, -0.15) is 0 Å². The molecule has 1 aliphatic rings. The Bertz CT molecular complexity index is 683. The number of aryl methyl sites for hydroxylation is 1. The van der Waals surface area contributed by atoms with Crippen LogP contribution in [0.2, 0.25) is 0 Å². The van der Waals surface area contributed by atoms with Crippen LogP contribution in [0.15, 0.2) is 29.5 Å². The second kappa shape index (κ2) is 8.79. The molecule has 3 N–H and O–H groups in total. The molecule has 0 aromatic carbocycles. The Hall–Kier alpha value is -2.43. The maximum Gasteiger partial charge on any atom is 0.434 e. The summed E-state index contributed by atoms with van der Waals surface area (Å²) < 4.78 is 7.14. The van der Waals surface area contributed by atoms with Crippen molar-refractivity contribution in [1.82, 2.24) is 9.55 Å². The van der Waals surface area contributed by atoms with Crippen LogP contribution >= 0.6 is 0 Å². The Morgan fingerprint density at radius 3 is 2.92 bits per heavy atom. The van der Waals surface area contributed by atoms with Gasteiger partial charge in [-0.05, 0) is 17.1 Å². The zero-order valence-corrected chi connectivity index (χ0v) is 14.5. The topological polar surface area (TPSA) is 146 Å². The highest BCUT2D eigenvalue weighted by Gasteiger charge is 2.35. The van der Waals surface area contributed by atoms with Crippen LogP contribution in [-0.2, 0) is 16.1 Å². The van der Waals surface area contributed by atoms with E-state index in [9.17, 15) is 20.0 Å². The lowest BCUT2D eigenvalue weighted by Gasteiger charge is -2.30.